The average molecular weight is 462 g/mol. The van der Waals surface area contributed by atoms with Gasteiger partial charge in [-0.3, -0.25) is 19.8 Å². The number of benzene rings is 2. The van der Waals surface area contributed by atoms with E-state index in [1.54, 1.807) is 36.1 Å². The van der Waals surface area contributed by atoms with Crippen molar-refractivity contribution in [2.75, 3.05) is 26.1 Å². The van der Waals surface area contributed by atoms with E-state index in [1.807, 2.05) is 0 Å². The summed E-state index contributed by atoms with van der Waals surface area (Å²) in [5, 5.41) is 14.2. The molecule has 1 aliphatic rings. The molecule has 2 aromatic rings. The Morgan fingerprint density at radius 2 is 1.91 bits per heavy atom. The Hall–Kier alpha value is -3.60. The van der Waals surface area contributed by atoms with Crippen LogP contribution in [0.5, 0.6) is 5.75 Å². The van der Waals surface area contributed by atoms with Gasteiger partial charge in [0.2, 0.25) is 5.82 Å². The second-order valence-electron chi connectivity index (χ2n) is 7.17. The van der Waals surface area contributed by atoms with Gasteiger partial charge in [-0.25, -0.2) is 4.39 Å². The van der Waals surface area contributed by atoms with Crippen molar-refractivity contribution in [1.82, 2.24) is 10.2 Å². The van der Waals surface area contributed by atoms with Crippen LogP contribution >= 0.6 is 12.2 Å². The average Bonchev–Trinajstić information content (AvgIpc) is 2.73. The zero-order chi connectivity index (χ0) is 23.7. The number of nitro groups is 1. The van der Waals surface area contributed by atoms with Crippen LogP contribution in [-0.2, 0) is 4.79 Å². The SMILES string of the molecule is COc1ccccc1N1C(=S)NC(c2cc([N+](=O)[O-])c(F)cc2F)C(C(=O)N(C)C)=C1C. The highest BCUT2D eigenvalue weighted by Gasteiger charge is 2.38. The number of nitro benzene ring substituents is 1. The molecule has 32 heavy (non-hydrogen) atoms. The number of likely N-dealkylation sites (N-methyl/N-ethyl adjacent to an activating group) is 1. The molecular formula is C21H20F2N4O4S. The van der Waals surface area contributed by atoms with Crippen molar-refractivity contribution in [2.45, 2.75) is 13.0 Å². The highest BCUT2D eigenvalue weighted by atomic mass is 32.1. The van der Waals surface area contributed by atoms with E-state index in [-0.39, 0.29) is 16.2 Å². The van der Waals surface area contributed by atoms with E-state index in [9.17, 15) is 23.7 Å². The predicted molar refractivity (Wildman–Crippen MR) is 118 cm³/mol. The summed E-state index contributed by atoms with van der Waals surface area (Å²) in [5.74, 6) is -2.36. The van der Waals surface area contributed by atoms with Gasteiger partial charge in [0.15, 0.2) is 5.11 Å². The molecule has 0 bridgehead atoms. The molecule has 0 saturated carbocycles. The zero-order valence-corrected chi connectivity index (χ0v) is 18.5. The Morgan fingerprint density at radius 3 is 2.50 bits per heavy atom. The Kier molecular flexibility index (Phi) is 6.40. The molecule has 11 heteroatoms. The second kappa shape index (κ2) is 8.87. The molecule has 0 spiro atoms. The van der Waals surface area contributed by atoms with Crippen LogP contribution in [0.4, 0.5) is 20.2 Å². The quantitative estimate of drug-likeness (QED) is 0.412. The minimum absolute atomic E-state index is 0.0920. The number of halogens is 2. The topological polar surface area (TPSA) is 88.0 Å². The van der Waals surface area contributed by atoms with Gasteiger partial charge in [-0.15, -0.1) is 0 Å². The Balaban J connectivity index is 2.27. The molecule has 1 heterocycles. The molecule has 1 aliphatic heterocycles. The third-order valence-corrected chi connectivity index (χ3v) is 5.32. The first-order valence-corrected chi connectivity index (χ1v) is 9.78. The number of thiocarbonyl (C=S) groups is 1. The van der Waals surface area contributed by atoms with Crippen molar-refractivity contribution in [2.24, 2.45) is 0 Å². The fourth-order valence-corrected chi connectivity index (χ4v) is 3.87. The zero-order valence-electron chi connectivity index (χ0n) is 17.7. The molecule has 1 amide bonds. The standard InChI is InChI=1S/C21H20F2N4O4S/c1-11-18(20(28)25(2)3)19(12-9-16(27(29)30)14(23)10-13(12)22)24-21(32)26(11)15-7-5-6-8-17(15)31-4/h5-10,19H,1-4H3,(H,24,32). The lowest BCUT2D eigenvalue weighted by atomic mass is 9.93. The second-order valence-corrected chi connectivity index (χ2v) is 7.56. The Labute approximate surface area is 188 Å². The number of nitrogens with one attached hydrogen (secondary N) is 1. The number of amides is 1. The van der Waals surface area contributed by atoms with E-state index in [0.717, 1.165) is 6.07 Å². The molecule has 2 aromatic carbocycles. The monoisotopic (exact) mass is 462 g/mol. The summed E-state index contributed by atoms with van der Waals surface area (Å²) < 4.78 is 34.1. The fraction of sp³-hybridized carbons (Fsp3) is 0.238. The number of carbonyl (C=O) groups excluding carboxylic acids is 1. The molecule has 168 valence electrons. The number of carbonyl (C=O) groups is 1. The van der Waals surface area contributed by atoms with Crippen LogP contribution in [0.3, 0.4) is 0 Å². The van der Waals surface area contributed by atoms with Crippen LogP contribution in [0.25, 0.3) is 0 Å². The molecule has 1 N–H and O–H groups in total. The van der Waals surface area contributed by atoms with Gasteiger partial charge in [-0.05, 0) is 31.3 Å². The summed E-state index contributed by atoms with van der Waals surface area (Å²) >= 11 is 5.50. The van der Waals surface area contributed by atoms with Crippen molar-refractivity contribution in [3.63, 3.8) is 0 Å². The van der Waals surface area contributed by atoms with Crippen molar-refractivity contribution in [1.29, 1.82) is 0 Å². The van der Waals surface area contributed by atoms with Crippen molar-refractivity contribution in [3.05, 3.63) is 75.0 Å². The molecule has 1 atom stereocenters. The predicted octanol–water partition coefficient (Wildman–Crippen LogP) is 3.68. The fourth-order valence-electron chi connectivity index (χ4n) is 3.51. The van der Waals surface area contributed by atoms with Crippen LogP contribution in [0.2, 0.25) is 0 Å². The molecule has 1 unspecified atom stereocenters. The number of hydrogen-bond acceptors (Lipinski definition) is 5. The van der Waals surface area contributed by atoms with Crippen LogP contribution in [0.1, 0.15) is 18.5 Å². The van der Waals surface area contributed by atoms with E-state index in [0.29, 0.717) is 23.2 Å². The van der Waals surface area contributed by atoms with Crippen molar-refractivity contribution >= 4 is 34.6 Å². The lowest BCUT2D eigenvalue weighted by Crippen LogP contribution is -2.49. The lowest BCUT2D eigenvalue weighted by molar-refractivity contribution is -0.387. The highest BCUT2D eigenvalue weighted by Crippen LogP contribution is 2.39. The lowest BCUT2D eigenvalue weighted by Gasteiger charge is -2.38. The summed E-state index contributed by atoms with van der Waals surface area (Å²) in [6.07, 6.45) is 0. The molecule has 3 rings (SSSR count). The minimum Gasteiger partial charge on any atom is -0.495 e. The summed E-state index contributed by atoms with van der Waals surface area (Å²) in [6.45, 7) is 1.62. The van der Waals surface area contributed by atoms with Crippen molar-refractivity contribution < 1.29 is 23.2 Å². The van der Waals surface area contributed by atoms with Gasteiger partial charge in [0.25, 0.3) is 5.91 Å². The van der Waals surface area contributed by atoms with Gasteiger partial charge in [0.05, 0.1) is 29.3 Å². The van der Waals surface area contributed by atoms with Crippen LogP contribution < -0.4 is 15.0 Å². The number of ether oxygens (including phenoxy) is 1. The van der Waals surface area contributed by atoms with Gasteiger partial charge in [-0.2, -0.15) is 4.39 Å². The molecule has 0 saturated heterocycles. The van der Waals surface area contributed by atoms with Gasteiger partial charge in [0, 0.05) is 37.5 Å². The molecule has 0 aromatic heterocycles. The smallest absolute Gasteiger partial charge is 0.305 e. The maximum atomic E-state index is 14.8. The first-order chi connectivity index (χ1) is 15.1. The van der Waals surface area contributed by atoms with E-state index < -0.39 is 34.2 Å². The third-order valence-electron chi connectivity index (χ3n) is 5.02. The molecular weight excluding hydrogens is 442 g/mol. The van der Waals surface area contributed by atoms with Gasteiger partial charge in [-0.1, -0.05) is 12.1 Å². The molecule has 0 aliphatic carbocycles. The number of para-hydroxylation sites is 2. The van der Waals surface area contributed by atoms with Gasteiger partial charge in [0.1, 0.15) is 11.6 Å². The Bertz CT molecular complexity index is 1150. The highest BCUT2D eigenvalue weighted by molar-refractivity contribution is 7.80. The van der Waals surface area contributed by atoms with Gasteiger partial charge < -0.3 is 15.0 Å². The molecule has 0 fully saturated rings. The largest absolute Gasteiger partial charge is 0.495 e. The number of rotatable bonds is 5. The Morgan fingerprint density at radius 1 is 1.25 bits per heavy atom. The normalized spacial score (nSPS) is 16.0. The molecule has 0 radical (unpaired) electrons. The van der Waals surface area contributed by atoms with Crippen LogP contribution in [0, 0.1) is 21.7 Å². The summed E-state index contributed by atoms with van der Waals surface area (Å²) in [6, 6.07) is 7.01. The maximum absolute atomic E-state index is 14.8. The van der Waals surface area contributed by atoms with Crippen LogP contribution in [-0.4, -0.2) is 42.0 Å². The van der Waals surface area contributed by atoms with E-state index in [1.165, 1.54) is 26.1 Å². The van der Waals surface area contributed by atoms with E-state index >= 15 is 0 Å². The van der Waals surface area contributed by atoms with Crippen molar-refractivity contribution in [3.8, 4) is 5.75 Å². The minimum atomic E-state index is -1.31. The molecule has 8 nitrogen and oxygen atoms in total. The van der Waals surface area contributed by atoms with Gasteiger partial charge >= 0.3 is 5.69 Å². The maximum Gasteiger partial charge on any atom is 0.305 e. The van der Waals surface area contributed by atoms with E-state index in [4.69, 9.17) is 17.0 Å². The number of methoxy groups -OCH3 is 1. The van der Waals surface area contributed by atoms with Crippen LogP contribution in [0.15, 0.2) is 47.7 Å². The first kappa shape index (κ1) is 23.1. The van der Waals surface area contributed by atoms with E-state index in [2.05, 4.69) is 5.32 Å². The summed E-state index contributed by atoms with van der Waals surface area (Å²) in [4.78, 5) is 26.2. The third kappa shape index (κ3) is 3.98. The number of hydrogen-bond donors (Lipinski definition) is 1. The summed E-state index contributed by atoms with van der Waals surface area (Å²) in [5.41, 5.74) is -0.180. The first-order valence-electron chi connectivity index (χ1n) is 9.37. The number of allylic oxidation sites excluding steroid dienone is 1. The number of nitrogens with zero attached hydrogens (tertiary/aromatic N) is 3. The number of anilines is 1. The summed E-state index contributed by atoms with van der Waals surface area (Å²) in [7, 11) is 4.52.